The number of sulfone groups is 1. The molecule has 0 radical (unpaired) electrons. The largest absolute Gasteiger partial charge is 0.223 e. The summed E-state index contributed by atoms with van der Waals surface area (Å²) in [6.07, 6.45) is 3.27. The molecule has 2 rings (SSSR count). The molecule has 0 spiro atoms. The van der Waals surface area contributed by atoms with Gasteiger partial charge in [0.2, 0.25) is 0 Å². The van der Waals surface area contributed by atoms with E-state index in [4.69, 9.17) is 0 Å². The highest BCUT2D eigenvalue weighted by molar-refractivity contribution is 7.92. The van der Waals surface area contributed by atoms with E-state index in [9.17, 15) is 8.42 Å². The molecule has 0 N–H and O–H groups in total. The molecule has 0 saturated heterocycles. The SMILES string of the molecule is C=C[C@@H]1CC[C@H](S(=O)(=O)c2ccc(C)cc2)C1=C. The molecule has 96 valence electrons. The fourth-order valence-corrected chi connectivity index (χ4v) is 4.32. The number of aryl methyl sites for hydroxylation is 1. The van der Waals surface area contributed by atoms with Gasteiger partial charge in [-0.15, -0.1) is 6.58 Å². The molecule has 18 heavy (non-hydrogen) atoms. The minimum atomic E-state index is -3.29. The number of rotatable bonds is 3. The molecule has 3 heteroatoms. The van der Waals surface area contributed by atoms with E-state index < -0.39 is 15.1 Å². The van der Waals surface area contributed by atoms with E-state index >= 15 is 0 Å². The highest BCUT2D eigenvalue weighted by Gasteiger charge is 2.37. The first-order valence-corrected chi connectivity index (χ1v) is 7.63. The predicted octanol–water partition coefficient (Wildman–Crippen LogP) is 3.29. The summed E-state index contributed by atoms with van der Waals surface area (Å²) in [5, 5.41) is -0.455. The summed E-state index contributed by atoms with van der Waals surface area (Å²) in [5.74, 6) is 0.134. The second-order valence-corrected chi connectivity index (χ2v) is 6.97. The van der Waals surface area contributed by atoms with Crippen LogP contribution in [0.2, 0.25) is 0 Å². The van der Waals surface area contributed by atoms with Crippen LogP contribution in [-0.4, -0.2) is 13.7 Å². The zero-order valence-electron chi connectivity index (χ0n) is 10.6. The van der Waals surface area contributed by atoms with E-state index in [1.54, 1.807) is 18.2 Å². The molecule has 1 fully saturated rings. The van der Waals surface area contributed by atoms with E-state index in [1.165, 1.54) is 0 Å². The van der Waals surface area contributed by atoms with Gasteiger partial charge < -0.3 is 0 Å². The fraction of sp³-hybridized carbons (Fsp3) is 0.333. The smallest absolute Gasteiger partial charge is 0.185 e. The maximum Gasteiger partial charge on any atom is 0.185 e. The Kier molecular flexibility index (Phi) is 3.44. The first kappa shape index (κ1) is 13.1. The van der Waals surface area contributed by atoms with Crippen LogP contribution >= 0.6 is 0 Å². The van der Waals surface area contributed by atoms with Crippen LogP contribution in [0.5, 0.6) is 0 Å². The van der Waals surface area contributed by atoms with Crippen LogP contribution in [0.4, 0.5) is 0 Å². The van der Waals surface area contributed by atoms with Crippen molar-refractivity contribution in [3.8, 4) is 0 Å². The molecule has 0 aliphatic heterocycles. The van der Waals surface area contributed by atoms with Gasteiger partial charge in [0.25, 0.3) is 0 Å². The van der Waals surface area contributed by atoms with Gasteiger partial charge in [0.05, 0.1) is 10.1 Å². The van der Waals surface area contributed by atoms with Gasteiger partial charge in [-0.2, -0.15) is 0 Å². The lowest BCUT2D eigenvalue weighted by Gasteiger charge is -2.14. The van der Waals surface area contributed by atoms with Crippen molar-refractivity contribution in [2.75, 3.05) is 0 Å². The fourth-order valence-electron chi connectivity index (χ4n) is 2.46. The molecule has 0 amide bonds. The molecular formula is C15H18O2S. The number of hydrogen-bond acceptors (Lipinski definition) is 2. The Morgan fingerprint density at radius 1 is 1.22 bits per heavy atom. The average Bonchev–Trinajstić information content (AvgIpc) is 2.71. The van der Waals surface area contributed by atoms with Crippen LogP contribution in [0.3, 0.4) is 0 Å². The molecule has 1 saturated carbocycles. The van der Waals surface area contributed by atoms with Gasteiger partial charge in [-0.3, -0.25) is 0 Å². The molecule has 0 heterocycles. The maximum atomic E-state index is 12.5. The number of allylic oxidation sites excluding steroid dienone is 1. The Labute approximate surface area is 109 Å². The van der Waals surface area contributed by atoms with Gasteiger partial charge in [0.1, 0.15) is 0 Å². The van der Waals surface area contributed by atoms with E-state index in [1.807, 2.05) is 19.1 Å². The van der Waals surface area contributed by atoms with Crippen molar-refractivity contribution in [3.63, 3.8) is 0 Å². The Hall–Kier alpha value is -1.35. The Bertz CT molecular complexity index is 567. The zero-order chi connectivity index (χ0) is 13.3. The second kappa shape index (κ2) is 4.73. The van der Waals surface area contributed by atoms with E-state index in [-0.39, 0.29) is 5.92 Å². The highest BCUT2D eigenvalue weighted by Crippen LogP contribution is 2.37. The molecule has 1 aliphatic carbocycles. The van der Waals surface area contributed by atoms with E-state index in [0.717, 1.165) is 17.6 Å². The second-order valence-electron chi connectivity index (χ2n) is 4.84. The highest BCUT2D eigenvalue weighted by atomic mass is 32.2. The molecule has 0 unspecified atom stereocenters. The van der Waals surface area contributed by atoms with E-state index in [0.29, 0.717) is 11.3 Å². The Balaban J connectivity index is 2.35. The van der Waals surface area contributed by atoms with Crippen molar-refractivity contribution in [3.05, 3.63) is 54.6 Å². The lowest BCUT2D eigenvalue weighted by atomic mass is 10.1. The van der Waals surface area contributed by atoms with Gasteiger partial charge in [-0.1, -0.05) is 35.9 Å². The third-order valence-electron chi connectivity index (χ3n) is 3.64. The van der Waals surface area contributed by atoms with Crippen LogP contribution in [-0.2, 0) is 9.84 Å². The van der Waals surface area contributed by atoms with Crippen molar-refractivity contribution in [1.82, 2.24) is 0 Å². The third kappa shape index (κ3) is 2.15. The van der Waals surface area contributed by atoms with Gasteiger partial charge >= 0.3 is 0 Å². The summed E-state index contributed by atoms with van der Waals surface area (Å²) in [7, 11) is -3.29. The van der Waals surface area contributed by atoms with Crippen LogP contribution in [0.15, 0.2) is 54.0 Å². The number of benzene rings is 1. The van der Waals surface area contributed by atoms with Gasteiger partial charge in [-0.05, 0) is 37.8 Å². The van der Waals surface area contributed by atoms with Crippen LogP contribution < -0.4 is 0 Å². The molecule has 1 aliphatic rings. The maximum absolute atomic E-state index is 12.5. The minimum absolute atomic E-state index is 0.134. The zero-order valence-corrected chi connectivity index (χ0v) is 11.4. The van der Waals surface area contributed by atoms with E-state index in [2.05, 4.69) is 13.2 Å². The standard InChI is InChI=1S/C15H18O2S/c1-4-13-7-10-15(12(13)3)18(16,17)14-8-5-11(2)6-9-14/h4-6,8-9,13,15H,1,3,7,10H2,2H3/t13-,15+/m1/s1. The summed E-state index contributed by atoms with van der Waals surface area (Å²) >= 11 is 0. The first-order valence-electron chi connectivity index (χ1n) is 6.08. The average molecular weight is 262 g/mol. The first-order chi connectivity index (χ1) is 8.46. The predicted molar refractivity (Wildman–Crippen MR) is 74.2 cm³/mol. The van der Waals surface area contributed by atoms with Crippen molar-refractivity contribution >= 4 is 9.84 Å². The van der Waals surface area contributed by atoms with Gasteiger partial charge in [-0.25, -0.2) is 8.42 Å². The number of hydrogen-bond donors (Lipinski definition) is 0. The van der Waals surface area contributed by atoms with Gasteiger partial charge in [0.15, 0.2) is 9.84 Å². The topological polar surface area (TPSA) is 34.1 Å². The monoisotopic (exact) mass is 262 g/mol. The normalized spacial score (nSPS) is 24.2. The summed E-state index contributed by atoms with van der Waals surface area (Å²) < 4.78 is 25.0. The Morgan fingerprint density at radius 3 is 2.33 bits per heavy atom. The molecule has 1 aromatic rings. The molecule has 2 atom stereocenters. The Morgan fingerprint density at radius 2 is 1.83 bits per heavy atom. The van der Waals surface area contributed by atoms with Crippen molar-refractivity contribution in [2.45, 2.75) is 29.9 Å². The van der Waals surface area contributed by atoms with Gasteiger partial charge in [0, 0.05) is 0 Å². The van der Waals surface area contributed by atoms with Crippen LogP contribution in [0.1, 0.15) is 18.4 Å². The minimum Gasteiger partial charge on any atom is -0.223 e. The summed E-state index contributed by atoms with van der Waals surface area (Å²) in [6.45, 7) is 9.63. The molecule has 0 aromatic heterocycles. The summed E-state index contributed by atoms with van der Waals surface area (Å²) in [4.78, 5) is 0.393. The lowest BCUT2D eigenvalue weighted by Crippen LogP contribution is -2.20. The van der Waals surface area contributed by atoms with Crippen molar-refractivity contribution in [1.29, 1.82) is 0 Å². The van der Waals surface area contributed by atoms with Crippen molar-refractivity contribution in [2.24, 2.45) is 5.92 Å². The quantitative estimate of drug-likeness (QED) is 0.783. The summed E-state index contributed by atoms with van der Waals surface area (Å²) in [5.41, 5.74) is 1.84. The summed E-state index contributed by atoms with van der Waals surface area (Å²) in [6, 6.07) is 7.02. The van der Waals surface area contributed by atoms with Crippen LogP contribution in [0.25, 0.3) is 0 Å². The molecular weight excluding hydrogens is 244 g/mol. The lowest BCUT2D eigenvalue weighted by molar-refractivity contribution is 0.586. The molecule has 2 nitrogen and oxygen atoms in total. The van der Waals surface area contributed by atoms with Crippen LogP contribution in [0, 0.1) is 12.8 Å². The molecule has 0 bridgehead atoms. The van der Waals surface area contributed by atoms with Crippen molar-refractivity contribution < 1.29 is 8.42 Å². The third-order valence-corrected chi connectivity index (χ3v) is 5.86. The molecule has 1 aromatic carbocycles.